The Morgan fingerprint density at radius 3 is 2.94 bits per heavy atom. The zero-order valence-corrected chi connectivity index (χ0v) is 12.4. The van der Waals surface area contributed by atoms with Gasteiger partial charge in [0.15, 0.2) is 5.17 Å². The summed E-state index contributed by atoms with van der Waals surface area (Å²) in [6, 6.07) is 0.695. The van der Waals surface area contributed by atoms with Gasteiger partial charge in [0.2, 0.25) is 0 Å². The van der Waals surface area contributed by atoms with Crippen LogP contribution in [0.3, 0.4) is 0 Å². The van der Waals surface area contributed by atoms with Crippen LogP contribution in [0.15, 0.2) is 4.99 Å². The monoisotopic (exact) mass is 305 g/mol. The second-order valence-electron chi connectivity index (χ2n) is 4.51. The normalized spacial score (nSPS) is 31.9. The summed E-state index contributed by atoms with van der Waals surface area (Å²) in [6.07, 6.45) is 1.23. The molecule has 1 saturated heterocycles. The molecular weight excluding hydrogens is 286 g/mol. The molecule has 0 aromatic rings. The number of aliphatic imine (C=N–C) groups is 1. The highest BCUT2D eigenvalue weighted by molar-refractivity contribution is 9.09. The smallest absolute Gasteiger partial charge is 0.159 e. The molecule has 0 aromatic heterocycles. The van der Waals surface area contributed by atoms with Crippen molar-refractivity contribution in [1.82, 2.24) is 9.80 Å². The Kier molecular flexibility index (Phi) is 4.56. The fourth-order valence-corrected chi connectivity index (χ4v) is 3.79. The first-order valence-electron chi connectivity index (χ1n) is 5.96. The van der Waals surface area contributed by atoms with Crippen LogP contribution in [0.1, 0.15) is 13.3 Å². The Labute approximate surface area is 111 Å². The first-order valence-corrected chi connectivity index (χ1v) is 7.97. The molecule has 2 aliphatic rings. The van der Waals surface area contributed by atoms with Gasteiger partial charge in [0.05, 0.1) is 6.54 Å². The van der Waals surface area contributed by atoms with E-state index in [0.717, 1.165) is 31.5 Å². The van der Waals surface area contributed by atoms with Gasteiger partial charge in [-0.25, -0.2) is 0 Å². The molecule has 5 heteroatoms. The van der Waals surface area contributed by atoms with Crippen LogP contribution in [0.5, 0.6) is 0 Å². The first-order chi connectivity index (χ1) is 7.74. The maximum atomic E-state index is 4.66. The summed E-state index contributed by atoms with van der Waals surface area (Å²) < 4.78 is 0. The molecule has 1 fully saturated rings. The van der Waals surface area contributed by atoms with Gasteiger partial charge in [-0.15, -0.1) is 0 Å². The highest BCUT2D eigenvalue weighted by atomic mass is 79.9. The molecule has 0 spiro atoms. The van der Waals surface area contributed by atoms with E-state index >= 15 is 0 Å². The molecule has 0 aromatic carbocycles. The van der Waals surface area contributed by atoms with Crippen molar-refractivity contribution in [2.45, 2.75) is 24.6 Å². The van der Waals surface area contributed by atoms with Crippen molar-refractivity contribution in [2.24, 2.45) is 4.99 Å². The summed E-state index contributed by atoms with van der Waals surface area (Å²) in [5.41, 5.74) is 0. The highest BCUT2D eigenvalue weighted by Crippen LogP contribution is 2.26. The highest BCUT2D eigenvalue weighted by Gasteiger charge is 2.28. The van der Waals surface area contributed by atoms with Crippen LogP contribution in [-0.2, 0) is 0 Å². The second-order valence-corrected chi connectivity index (χ2v) is 6.42. The molecule has 0 N–H and O–H groups in total. The lowest BCUT2D eigenvalue weighted by Crippen LogP contribution is -2.52. The lowest BCUT2D eigenvalue weighted by molar-refractivity contribution is 0.139. The van der Waals surface area contributed by atoms with Crippen LogP contribution < -0.4 is 0 Å². The molecule has 2 heterocycles. The standard InChI is InChI=1S/C11H20BrN3S/c1-3-9-8-15(5-4-14(9)2)11-13-7-10(6-12)16-11/h9-10H,3-8H2,1-2H3. The van der Waals surface area contributed by atoms with E-state index in [1.54, 1.807) is 0 Å². The summed E-state index contributed by atoms with van der Waals surface area (Å²) in [5, 5.41) is 2.97. The average Bonchev–Trinajstić information content (AvgIpc) is 2.78. The van der Waals surface area contributed by atoms with E-state index in [-0.39, 0.29) is 0 Å². The number of thioether (sulfide) groups is 1. The molecule has 2 atom stereocenters. The van der Waals surface area contributed by atoms with Gasteiger partial charge in [0.25, 0.3) is 0 Å². The van der Waals surface area contributed by atoms with Gasteiger partial charge >= 0.3 is 0 Å². The number of alkyl halides is 1. The Hall–Kier alpha value is 0.260. The van der Waals surface area contributed by atoms with Gasteiger partial charge in [-0.1, -0.05) is 34.6 Å². The van der Waals surface area contributed by atoms with Crippen molar-refractivity contribution in [2.75, 3.05) is 38.6 Å². The molecule has 0 bridgehead atoms. The third-order valence-corrected chi connectivity index (χ3v) is 5.85. The van der Waals surface area contributed by atoms with Crippen molar-refractivity contribution < 1.29 is 0 Å². The SMILES string of the molecule is CCC1CN(C2=NCC(CBr)S2)CCN1C. The number of likely N-dealkylation sites (N-methyl/N-ethyl adjacent to an activating group) is 1. The molecule has 2 unspecified atom stereocenters. The van der Waals surface area contributed by atoms with Gasteiger partial charge in [-0.3, -0.25) is 9.89 Å². The predicted octanol–water partition coefficient (Wildman–Crippen LogP) is 1.88. The van der Waals surface area contributed by atoms with Gasteiger partial charge in [-0.05, 0) is 13.5 Å². The third kappa shape index (κ3) is 2.74. The van der Waals surface area contributed by atoms with Crippen LogP contribution in [0.2, 0.25) is 0 Å². The average molecular weight is 306 g/mol. The van der Waals surface area contributed by atoms with Gasteiger partial charge in [0, 0.05) is 36.3 Å². The number of nitrogens with zero attached hydrogens (tertiary/aromatic N) is 3. The maximum Gasteiger partial charge on any atom is 0.159 e. The van der Waals surface area contributed by atoms with E-state index in [0.29, 0.717) is 11.3 Å². The minimum atomic E-state index is 0.648. The maximum absolute atomic E-state index is 4.66. The van der Waals surface area contributed by atoms with Gasteiger partial charge < -0.3 is 4.90 Å². The van der Waals surface area contributed by atoms with E-state index in [1.807, 2.05) is 11.8 Å². The number of hydrogen-bond donors (Lipinski definition) is 0. The van der Waals surface area contributed by atoms with Crippen LogP contribution in [0, 0.1) is 0 Å². The molecule has 3 nitrogen and oxygen atoms in total. The number of halogens is 1. The largest absolute Gasteiger partial charge is 0.349 e. The fraction of sp³-hybridized carbons (Fsp3) is 0.909. The number of hydrogen-bond acceptors (Lipinski definition) is 4. The van der Waals surface area contributed by atoms with Gasteiger partial charge in [-0.2, -0.15) is 0 Å². The van der Waals surface area contributed by atoms with Crippen LogP contribution in [-0.4, -0.2) is 64.8 Å². The predicted molar refractivity (Wildman–Crippen MR) is 75.8 cm³/mol. The summed E-state index contributed by atoms with van der Waals surface area (Å²) in [4.78, 5) is 9.61. The lowest BCUT2D eigenvalue weighted by atomic mass is 10.1. The van der Waals surface area contributed by atoms with Gasteiger partial charge in [0.1, 0.15) is 0 Å². The Balaban J connectivity index is 1.91. The van der Waals surface area contributed by atoms with Crippen LogP contribution in [0.4, 0.5) is 0 Å². The van der Waals surface area contributed by atoms with Crippen molar-refractivity contribution in [1.29, 1.82) is 0 Å². The zero-order chi connectivity index (χ0) is 11.5. The molecule has 0 aliphatic carbocycles. The molecule has 2 rings (SSSR count). The molecule has 0 saturated carbocycles. The van der Waals surface area contributed by atoms with E-state index in [1.165, 1.54) is 11.6 Å². The molecule has 2 aliphatic heterocycles. The first kappa shape index (κ1) is 12.7. The minimum absolute atomic E-state index is 0.648. The number of rotatable bonds is 2. The molecular formula is C11H20BrN3S. The van der Waals surface area contributed by atoms with Crippen LogP contribution >= 0.6 is 27.7 Å². The summed E-state index contributed by atoms with van der Waals surface area (Å²) in [5.74, 6) is 0. The summed E-state index contributed by atoms with van der Waals surface area (Å²) in [7, 11) is 2.23. The Morgan fingerprint density at radius 1 is 1.50 bits per heavy atom. The molecule has 0 amide bonds. The number of piperazine rings is 1. The Morgan fingerprint density at radius 2 is 2.31 bits per heavy atom. The topological polar surface area (TPSA) is 18.8 Å². The van der Waals surface area contributed by atoms with E-state index in [4.69, 9.17) is 0 Å². The molecule has 0 radical (unpaired) electrons. The molecule has 16 heavy (non-hydrogen) atoms. The summed E-state index contributed by atoms with van der Waals surface area (Å²) in [6.45, 7) is 6.70. The fourth-order valence-electron chi connectivity index (χ4n) is 2.22. The van der Waals surface area contributed by atoms with E-state index < -0.39 is 0 Å². The second kappa shape index (κ2) is 5.74. The van der Waals surface area contributed by atoms with Crippen molar-refractivity contribution in [3.63, 3.8) is 0 Å². The van der Waals surface area contributed by atoms with Crippen molar-refractivity contribution >= 4 is 32.9 Å². The van der Waals surface area contributed by atoms with Crippen molar-refractivity contribution in [3.05, 3.63) is 0 Å². The van der Waals surface area contributed by atoms with Crippen LogP contribution in [0.25, 0.3) is 0 Å². The third-order valence-electron chi connectivity index (χ3n) is 3.39. The minimum Gasteiger partial charge on any atom is -0.349 e. The van der Waals surface area contributed by atoms with Crippen molar-refractivity contribution in [3.8, 4) is 0 Å². The lowest BCUT2D eigenvalue weighted by Gasteiger charge is -2.39. The number of amidine groups is 1. The summed E-state index contributed by atoms with van der Waals surface area (Å²) >= 11 is 5.48. The Bertz CT molecular complexity index is 272. The van der Waals surface area contributed by atoms with E-state index in [9.17, 15) is 0 Å². The molecule has 92 valence electrons. The van der Waals surface area contributed by atoms with E-state index in [2.05, 4.69) is 44.7 Å². The quantitative estimate of drug-likeness (QED) is 0.726. The zero-order valence-electron chi connectivity index (χ0n) is 10.0.